The molecule has 2 aromatic carbocycles. The minimum Gasteiger partial charge on any atom is -0.310 e. The van der Waals surface area contributed by atoms with Gasteiger partial charge in [0.2, 0.25) is 0 Å². The van der Waals surface area contributed by atoms with Gasteiger partial charge in [0.25, 0.3) is 0 Å². The van der Waals surface area contributed by atoms with E-state index in [9.17, 15) is 4.39 Å². The van der Waals surface area contributed by atoms with Crippen molar-refractivity contribution in [2.45, 2.75) is 26.3 Å². The maximum atomic E-state index is 13.6. The summed E-state index contributed by atoms with van der Waals surface area (Å²) in [6.45, 7) is 4.87. The van der Waals surface area contributed by atoms with E-state index in [1.54, 1.807) is 12.1 Å². The van der Waals surface area contributed by atoms with E-state index in [1.807, 2.05) is 6.92 Å². The zero-order valence-electron chi connectivity index (χ0n) is 11.8. The highest BCUT2D eigenvalue weighted by Crippen LogP contribution is 2.21. The monoisotopic (exact) mass is 383 g/mol. The number of halogens is 2. The summed E-state index contributed by atoms with van der Waals surface area (Å²) in [7, 11) is 0. The van der Waals surface area contributed by atoms with Crippen LogP contribution in [0.2, 0.25) is 0 Å². The van der Waals surface area contributed by atoms with Gasteiger partial charge in [-0.15, -0.1) is 0 Å². The fourth-order valence-electron chi connectivity index (χ4n) is 2.38. The van der Waals surface area contributed by atoms with Crippen LogP contribution in [0.4, 0.5) is 4.39 Å². The van der Waals surface area contributed by atoms with Crippen LogP contribution in [0, 0.1) is 16.3 Å². The Kier molecular flexibility index (Phi) is 5.54. The summed E-state index contributed by atoms with van der Waals surface area (Å²) >= 11 is 2.30. The van der Waals surface area contributed by atoms with Crippen LogP contribution in [0.1, 0.15) is 29.7 Å². The largest absolute Gasteiger partial charge is 0.310 e. The lowest BCUT2D eigenvalue weighted by molar-refractivity contribution is 0.542. The number of aryl methyl sites for hydroxylation is 1. The van der Waals surface area contributed by atoms with Gasteiger partial charge in [-0.05, 0) is 83.4 Å². The second-order valence-corrected chi connectivity index (χ2v) is 6.25. The molecule has 0 aromatic heterocycles. The molecule has 0 fully saturated rings. The van der Waals surface area contributed by atoms with Gasteiger partial charge in [0.1, 0.15) is 5.82 Å². The van der Waals surface area contributed by atoms with Gasteiger partial charge >= 0.3 is 0 Å². The van der Waals surface area contributed by atoms with Crippen molar-refractivity contribution >= 4 is 22.6 Å². The summed E-state index contributed by atoms with van der Waals surface area (Å²) in [5.74, 6) is -0.162. The molecule has 20 heavy (non-hydrogen) atoms. The number of hydrogen-bond acceptors (Lipinski definition) is 1. The molecule has 0 heterocycles. The first-order valence-corrected chi connectivity index (χ1v) is 7.91. The Hall–Kier alpha value is -0.940. The van der Waals surface area contributed by atoms with Gasteiger partial charge in [-0.3, -0.25) is 0 Å². The molecule has 0 saturated carbocycles. The zero-order valence-corrected chi connectivity index (χ0v) is 13.9. The van der Waals surface area contributed by atoms with E-state index >= 15 is 0 Å². The highest BCUT2D eigenvalue weighted by atomic mass is 127. The van der Waals surface area contributed by atoms with Crippen LogP contribution in [0.3, 0.4) is 0 Å². The van der Waals surface area contributed by atoms with Crippen molar-refractivity contribution < 1.29 is 4.39 Å². The Morgan fingerprint density at radius 1 is 1.15 bits per heavy atom. The molecule has 3 heteroatoms. The van der Waals surface area contributed by atoms with Crippen LogP contribution in [0.15, 0.2) is 42.5 Å². The number of benzene rings is 2. The highest BCUT2D eigenvalue weighted by molar-refractivity contribution is 14.1. The first-order valence-electron chi connectivity index (χ1n) is 6.83. The third kappa shape index (κ3) is 4.28. The van der Waals surface area contributed by atoms with Crippen molar-refractivity contribution in [1.82, 2.24) is 5.32 Å². The predicted molar refractivity (Wildman–Crippen MR) is 90.4 cm³/mol. The average Bonchev–Trinajstić information content (AvgIpc) is 2.39. The van der Waals surface area contributed by atoms with Crippen LogP contribution in [0.25, 0.3) is 0 Å². The van der Waals surface area contributed by atoms with Crippen molar-refractivity contribution in [2.24, 2.45) is 0 Å². The molecule has 106 valence electrons. The van der Waals surface area contributed by atoms with Crippen LogP contribution in [0.5, 0.6) is 0 Å². The molecule has 0 amide bonds. The van der Waals surface area contributed by atoms with Crippen molar-refractivity contribution in [3.8, 4) is 0 Å². The molecule has 0 spiro atoms. The quantitative estimate of drug-likeness (QED) is 0.743. The minimum atomic E-state index is -0.162. The molecule has 2 rings (SSSR count). The highest BCUT2D eigenvalue weighted by Gasteiger charge is 2.12. The zero-order chi connectivity index (χ0) is 14.5. The number of hydrogen-bond donors (Lipinski definition) is 1. The van der Waals surface area contributed by atoms with E-state index in [1.165, 1.54) is 9.13 Å². The lowest BCUT2D eigenvalue weighted by atomic mass is 9.97. The molecule has 0 aliphatic carbocycles. The minimum absolute atomic E-state index is 0.148. The molecule has 0 saturated heterocycles. The Balaban J connectivity index is 2.23. The van der Waals surface area contributed by atoms with Crippen LogP contribution >= 0.6 is 22.6 Å². The number of nitrogens with one attached hydrogen (secondary N) is 1. The van der Waals surface area contributed by atoms with Gasteiger partial charge in [0.05, 0.1) is 0 Å². The van der Waals surface area contributed by atoms with Gasteiger partial charge in [-0.25, -0.2) is 4.39 Å². The second-order valence-electron chi connectivity index (χ2n) is 5.00. The van der Waals surface area contributed by atoms with Gasteiger partial charge in [0.15, 0.2) is 0 Å². The molecule has 1 unspecified atom stereocenters. The molecular weight excluding hydrogens is 364 g/mol. The van der Waals surface area contributed by atoms with Crippen LogP contribution in [-0.4, -0.2) is 6.54 Å². The number of likely N-dealkylation sites (N-methyl/N-ethyl adjacent to an activating group) is 1. The molecule has 0 bridgehead atoms. The Bertz CT molecular complexity index is 545. The Labute approximate surface area is 133 Å². The topological polar surface area (TPSA) is 12.0 Å². The molecule has 1 nitrogen and oxygen atoms in total. The normalized spacial score (nSPS) is 12.4. The van der Waals surface area contributed by atoms with Crippen LogP contribution < -0.4 is 5.32 Å². The summed E-state index contributed by atoms with van der Waals surface area (Å²) in [6, 6.07) is 13.9. The third-order valence-corrected chi connectivity index (χ3v) is 3.99. The maximum absolute atomic E-state index is 13.6. The molecule has 0 radical (unpaired) electrons. The second kappa shape index (κ2) is 7.18. The van der Waals surface area contributed by atoms with E-state index in [4.69, 9.17) is 0 Å². The molecule has 2 aromatic rings. The van der Waals surface area contributed by atoms with Crippen molar-refractivity contribution in [1.29, 1.82) is 0 Å². The number of rotatable bonds is 5. The van der Waals surface area contributed by atoms with Crippen LogP contribution in [-0.2, 0) is 6.42 Å². The predicted octanol–water partition coefficient (Wildman–Crippen LogP) is 4.63. The fourth-order valence-corrected chi connectivity index (χ4v) is 2.74. The van der Waals surface area contributed by atoms with Gasteiger partial charge in [-0.1, -0.05) is 25.1 Å². The standard InChI is InChI=1S/C17H19FIN/c1-3-20-17(10-13-4-6-16(19)7-5-13)14-8-12(2)9-15(18)11-14/h4-9,11,17,20H,3,10H2,1-2H3. The maximum Gasteiger partial charge on any atom is 0.123 e. The molecular formula is C17H19FIN. The summed E-state index contributed by atoms with van der Waals surface area (Å²) < 4.78 is 14.8. The van der Waals surface area contributed by atoms with E-state index in [0.29, 0.717) is 0 Å². The van der Waals surface area contributed by atoms with E-state index in [0.717, 1.165) is 24.1 Å². The van der Waals surface area contributed by atoms with Gasteiger partial charge in [0, 0.05) is 9.61 Å². The molecule has 0 aliphatic heterocycles. The average molecular weight is 383 g/mol. The summed E-state index contributed by atoms with van der Waals surface area (Å²) in [5, 5.41) is 3.45. The fraction of sp³-hybridized carbons (Fsp3) is 0.294. The molecule has 1 N–H and O–H groups in total. The van der Waals surface area contributed by atoms with Crippen molar-refractivity contribution in [3.05, 3.63) is 68.5 Å². The first-order chi connectivity index (χ1) is 9.58. The molecule has 0 aliphatic rings. The van der Waals surface area contributed by atoms with E-state index in [-0.39, 0.29) is 11.9 Å². The first kappa shape index (κ1) is 15.4. The van der Waals surface area contributed by atoms with E-state index < -0.39 is 0 Å². The van der Waals surface area contributed by atoms with Gasteiger partial charge < -0.3 is 5.32 Å². The lowest BCUT2D eigenvalue weighted by Gasteiger charge is -2.19. The summed E-state index contributed by atoms with van der Waals surface area (Å²) in [4.78, 5) is 0. The van der Waals surface area contributed by atoms with Crippen molar-refractivity contribution in [2.75, 3.05) is 6.54 Å². The Morgan fingerprint density at radius 2 is 1.85 bits per heavy atom. The lowest BCUT2D eigenvalue weighted by Crippen LogP contribution is -2.23. The summed E-state index contributed by atoms with van der Waals surface area (Å²) in [5.41, 5.74) is 3.24. The third-order valence-electron chi connectivity index (χ3n) is 3.27. The van der Waals surface area contributed by atoms with Crippen molar-refractivity contribution in [3.63, 3.8) is 0 Å². The van der Waals surface area contributed by atoms with E-state index in [2.05, 4.69) is 65.2 Å². The Morgan fingerprint density at radius 3 is 2.45 bits per heavy atom. The van der Waals surface area contributed by atoms with Gasteiger partial charge in [-0.2, -0.15) is 0 Å². The molecule has 1 atom stereocenters. The smallest absolute Gasteiger partial charge is 0.123 e. The SMILES string of the molecule is CCNC(Cc1ccc(I)cc1)c1cc(C)cc(F)c1. The summed E-state index contributed by atoms with van der Waals surface area (Å²) in [6.07, 6.45) is 0.869.